The molecule has 0 atom stereocenters. The summed E-state index contributed by atoms with van der Waals surface area (Å²) < 4.78 is 4.83. The lowest BCUT2D eigenvalue weighted by Gasteiger charge is -2.28. The van der Waals surface area contributed by atoms with Crippen LogP contribution in [-0.2, 0) is 23.9 Å². The highest BCUT2D eigenvalue weighted by atomic mass is 16.5. The van der Waals surface area contributed by atoms with Crippen LogP contribution in [0.25, 0.3) is 0 Å². The second-order valence-electron chi connectivity index (χ2n) is 5.71. The normalized spacial score (nSPS) is 16.8. The first kappa shape index (κ1) is 17.9. The van der Waals surface area contributed by atoms with Crippen molar-refractivity contribution in [3.63, 3.8) is 0 Å². The van der Waals surface area contributed by atoms with Gasteiger partial charge in [-0.15, -0.1) is 0 Å². The lowest BCUT2D eigenvalue weighted by Crippen LogP contribution is -2.47. The fourth-order valence-corrected chi connectivity index (χ4v) is 2.43. The zero-order valence-corrected chi connectivity index (χ0v) is 13.4. The number of hydrogen-bond donors (Lipinski definition) is 2. The number of β-lactam (4-membered cyclic amide) rings is 1. The number of ether oxygens (including phenoxy) is 1. The van der Waals surface area contributed by atoms with Crippen molar-refractivity contribution >= 4 is 23.6 Å². The standard InChI is InChI=1S/C16H21N3O5/c17-13(20)9-24-10-14(21)18-12-4-1-11(2-5-12)3-6-15(22)19-8-7-16(19)23/h1,4H,2-3,5-10H2,(H2,17,20)(H,18,21). The average Bonchev–Trinajstić information content (AvgIpc) is 2.52. The SMILES string of the molecule is NC(=O)COCC(=O)NC1=CC=C(CCC(=O)N2CCC2=O)CC1. The van der Waals surface area contributed by atoms with Gasteiger partial charge in [0.25, 0.3) is 0 Å². The van der Waals surface area contributed by atoms with Crippen LogP contribution in [0, 0.1) is 0 Å². The molecule has 1 saturated heterocycles. The summed E-state index contributed by atoms with van der Waals surface area (Å²) in [7, 11) is 0. The summed E-state index contributed by atoms with van der Waals surface area (Å²) in [6, 6.07) is 0. The van der Waals surface area contributed by atoms with Crippen LogP contribution in [0.1, 0.15) is 32.1 Å². The summed E-state index contributed by atoms with van der Waals surface area (Å²) in [6.45, 7) is 0.0178. The van der Waals surface area contributed by atoms with Crippen LogP contribution in [0.5, 0.6) is 0 Å². The molecule has 8 heteroatoms. The van der Waals surface area contributed by atoms with Crippen LogP contribution in [0.4, 0.5) is 0 Å². The molecule has 0 radical (unpaired) electrons. The molecular formula is C16H21N3O5. The highest BCUT2D eigenvalue weighted by molar-refractivity contribution is 5.99. The van der Waals surface area contributed by atoms with Crippen LogP contribution < -0.4 is 11.1 Å². The van der Waals surface area contributed by atoms with E-state index < -0.39 is 5.91 Å². The molecule has 3 N–H and O–H groups in total. The Hall–Kier alpha value is -2.48. The molecule has 4 amide bonds. The zero-order valence-electron chi connectivity index (χ0n) is 13.4. The Balaban J connectivity index is 1.70. The first-order valence-corrected chi connectivity index (χ1v) is 7.83. The summed E-state index contributed by atoms with van der Waals surface area (Å²) in [4.78, 5) is 46.4. The maximum Gasteiger partial charge on any atom is 0.250 e. The van der Waals surface area contributed by atoms with Gasteiger partial charge in [-0.25, -0.2) is 0 Å². The summed E-state index contributed by atoms with van der Waals surface area (Å²) in [6.07, 6.45) is 6.48. The Kier molecular flexibility index (Phi) is 6.25. The van der Waals surface area contributed by atoms with E-state index >= 15 is 0 Å². The molecule has 2 aliphatic rings. The first-order chi connectivity index (χ1) is 11.5. The van der Waals surface area contributed by atoms with Crippen molar-refractivity contribution in [3.05, 3.63) is 23.4 Å². The van der Waals surface area contributed by atoms with E-state index in [1.54, 1.807) is 6.08 Å². The number of amides is 4. The van der Waals surface area contributed by atoms with Crippen molar-refractivity contribution < 1.29 is 23.9 Å². The number of nitrogens with zero attached hydrogens (tertiary/aromatic N) is 1. The molecule has 0 saturated carbocycles. The third-order valence-electron chi connectivity index (χ3n) is 3.82. The molecule has 0 bridgehead atoms. The molecule has 0 unspecified atom stereocenters. The van der Waals surface area contributed by atoms with Crippen LogP contribution in [0.2, 0.25) is 0 Å². The minimum Gasteiger partial charge on any atom is -0.368 e. The van der Waals surface area contributed by atoms with Gasteiger partial charge in [0.05, 0.1) is 0 Å². The number of nitrogens with two attached hydrogens (primary N) is 1. The summed E-state index contributed by atoms with van der Waals surface area (Å²) >= 11 is 0. The number of allylic oxidation sites excluding steroid dienone is 4. The number of carbonyl (C=O) groups is 4. The molecule has 1 fully saturated rings. The Labute approximate surface area is 139 Å². The predicted octanol–water partition coefficient (Wildman–Crippen LogP) is -0.252. The summed E-state index contributed by atoms with van der Waals surface area (Å²) in [5.74, 6) is -1.18. The quantitative estimate of drug-likeness (QED) is 0.593. The van der Waals surface area contributed by atoms with Gasteiger partial charge in [-0.3, -0.25) is 24.1 Å². The zero-order chi connectivity index (χ0) is 17.5. The van der Waals surface area contributed by atoms with Crippen LogP contribution in [-0.4, -0.2) is 48.3 Å². The summed E-state index contributed by atoms with van der Waals surface area (Å²) in [5.41, 5.74) is 6.78. The Bertz CT molecular complexity index is 609. The molecule has 0 aromatic carbocycles. The monoisotopic (exact) mass is 335 g/mol. The Morgan fingerprint density at radius 2 is 1.96 bits per heavy atom. The molecule has 0 aromatic rings. The third kappa shape index (κ3) is 5.31. The topological polar surface area (TPSA) is 119 Å². The third-order valence-corrected chi connectivity index (χ3v) is 3.82. The van der Waals surface area contributed by atoms with E-state index in [0.29, 0.717) is 32.2 Å². The molecule has 1 aliphatic heterocycles. The van der Waals surface area contributed by atoms with Crippen molar-refractivity contribution in [1.82, 2.24) is 10.2 Å². The Morgan fingerprint density at radius 3 is 2.50 bits per heavy atom. The largest absolute Gasteiger partial charge is 0.368 e. The number of likely N-dealkylation sites (tertiary alicyclic amines) is 1. The van der Waals surface area contributed by atoms with Gasteiger partial charge in [0, 0.05) is 25.1 Å². The van der Waals surface area contributed by atoms with E-state index in [1.807, 2.05) is 6.08 Å². The minimum atomic E-state index is -0.623. The van der Waals surface area contributed by atoms with Crippen molar-refractivity contribution in [1.29, 1.82) is 0 Å². The van der Waals surface area contributed by atoms with Gasteiger partial charge >= 0.3 is 0 Å². The van der Waals surface area contributed by atoms with E-state index in [9.17, 15) is 19.2 Å². The van der Waals surface area contributed by atoms with Gasteiger partial charge in [-0.05, 0) is 25.3 Å². The van der Waals surface area contributed by atoms with Gasteiger partial charge in [0.2, 0.25) is 23.6 Å². The molecular weight excluding hydrogens is 314 g/mol. The number of carbonyl (C=O) groups excluding carboxylic acids is 4. The smallest absolute Gasteiger partial charge is 0.250 e. The summed E-state index contributed by atoms with van der Waals surface area (Å²) in [5, 5.41) is 2.70. The molecule has 130 valence electrons. The van der Waals surface area contributed by atoms with E-state index in [2.05, 4.69) is 5.32 Å². The number of nitrogens with one attached hydrogen (secondary N) is 1. The van der Waals surface area contributed by atoms with E-state index in [-0.39, 0.29) is 30.9 Å². The molecule has 1 heterocycles. The number of rotatable bonds is 8. The van der Waals surface area contributed by atoms with Crippen molar-refractivity contribution in [2.24, 2.45) is 5.73 Å². The molecule has 24 heavy (non-hydrogen) atoms. The molecule has 2 rings (SSSR count). The van der Waals surface area contributed by atoms with Crippen LogP contribution >= 0.6 is 0 Å². The number of hydrogen-bond acceptors (Lipinski definition) is 5. The lowest BCUT2D eigenvalue weighted by molar-refractivity contribution is -0.152. The van der Waals surface area contributed by atoms with Crippen molar-refractivity contribution in [3.8, 4) is 0 Å². The number of imide groups is 1. The highest BCUT2D eigenvalue weighted by Crippen LogP contribution is 2.22. The van der Waals surface area contributed by atoms with Crippen molar-refractivity contribution in [2.45, 2.75) is 32.1 Å². The second kappa shape index (κ2) is 8.39. The highest BCUT2D eigenvalue weighted by Gasteiger charge is 2.29. The van der Waals surface area contributed by atoms with Gasteiger partial charge in [-0.2, -0.15) is 0 Å². The Morgan fingerprint density at radius 1 is 1.17 bits per heavy atom. The first-order valence-electron chi connectivity index (χ1n) is 7.83. The van der Waals surface area contributed by atoms with E-state index in [4.69, 9.17) is 10.5 Å². The minimum absolute atomic E-state index is 0.0962. The van der Waals surface area contributed by atoms with Gasteiger partial charge in [0.1, 0.15) is 13.2 Å². The van der Waals surface area contributed by atoms with Gasteiger partial charge in [-0.1, -0.05) is 11.6 Å². The molecule has 1 aliphatic carbocycles. The molecule has 0 spiro atoms. The number of primary amides is 1. The molecule has 8 nitrogen and oxygen atoms in total. The fourth-order valence-electron chi connectivity index (χ4n) is 2.43. The maximum absolute atomic E-state index is 11.8. The fraction of sp³-hybridized carbons (Fsp3) is 0.500. The molecule has 0 aromatic heterocycles. The van der Waals surface area contributed by atoms with Crippen molar-refractivity contribution in [2.75, 3.05) is 19.8 Å². The van der Waals surface area contributed by atoms with Crippen LogP contribution in [0.3, 0.4) is 0 Å². The van der Waals surface area contributed by atoms with E-state index in [0.717, 1.165) is 17.7 Å². The predicted molar refractivity (Wildman–Crippen MR) is 84.1 cm³/mol. The van der Waals surface area contributed by atoms with Gasteiger partial charge < -0.3 is 15.8 Å². The van der Waals surface area contributed by atoms with E-state index in [1.165, 1.54) is 4.90 Å². The lowest BCUT2D eigenvalue weighted by atomic mass is 9.98. The average molecular weight is 335 g/mol. The maximum atomic E-state index is 11.8. The van der Waals surface area contributed by atoms with Crippen LogP contribution in [0.15, 0.2) is 23.4 Å². The second-order valence-corrected chi connectivity index (χ2v) is 5.71. The van der Waals surface area contributed by atoms with Gasteiger partial charge in [0.15, 0.2) is 0 Å².